The maximum Gasteiger partial charge on any atom is 0.164 e. The molecule has 0 aliphatic carbocycles. The Hall–Kier alpha value is -0.840. The van der Waals surface area contributed by atoms with Gasteiger partial charge in [0.1, 0.15) is 0 Å². The fourth-order valence-electron chi connectivity index (χ4n) is 0.866. The quantitative estimate of drug-likeness (QED) is 0.677. The van der Waals surface area contributed by atoms with Crippen molar-refractivity contribution in [1.82, 2.24) is 0 Å². The van der Waals surface area contributed by atoms with Crippen molar-refractivity contribution in [2.24, 2.45) is 5.73 Å². The van der Waals surface area contributed by atoms with Crippen molar-refractivity contribution < 1.29 is 14.6 Å². The minimum atomic E-state index is -0.691. The van der Waals surface area contributed by atoms with Gasteiger partial charge in [0.25, 0.3) is 0 Å². The molecule has 5 heteroatoms. The summed E-state index contributed by atoms with van der Waals surface area (Å²) in [6.07, 6.45) is 0. The second-order valence-electron chi connectivity index (χ2n) is 2.50. The third-order valence-corrected chi connectivity index (χ3v) is 1.60. The molecule has 1 aromatic carbocycles. The van der Waals surface area contributed by atoms with Crippen LogP contribution in [-0.2, 0) is 0 Å². The summed E-state index contributed by atoms with van der Waals surface area (Å²) in [5, 5.41) is 17.6. The van der Waals surface area contributed by atoms with Crippen molar-refractivity contribution in [2.75, 3.05) is 6.61 Å². The minimum Gasteiger partial charge on any atom is -0.505 e. The van der Waals surface area contributed by atoms with Gasteiger partial charge in [0.15, 0.2) is 11.6 Å². The van der Waals surface area contributed by atoms with Crippen LogP contribution >= 0.6 is 12.4 Å². The lowest BCUT2D eigenvalue weighted by atomic mass is 10.1. The number of hydrogen-bond donors (Lipinski definition) is 3. The number of aliphatic hydroxyl groups is 1. The highest BCUT2D eigenvalue weighted by atomic mass is 35.5. The molecule has 1 rings (SSSR count). The van der Waals surface area contributed by atoms with Gasteiger partial charge in [-0.2, -0.15) is 0 Å². The summed E-state index contributed by atoms with van der Waals surface area (Å²) in [5.41, 5.74) is 5.94. The molecule has 74 valence electrons. The molecule has 3 nitrogen and oxygen atoms in total. The van der Waals surface area contributed by atoms with Gasteiger partial charge in [0.05, 0.1) is 12.6 Å². The molecule has 0 radical (unpaired) electrons. The first-order valence-corrected chi connectivity index (χ1v) is 3.50. The first-order valence-electron chi connectivity index (χ1n) is 3.50. The summed E-state index contributed by atoms with van der Waals surface area (Å²) in [4.78, 5) is 0. The highest BCUT2D eigenvalue weighted by Gasteiger charge is 2.07. The van der Waals surface area contributed by atoms with E-state index in [2.05, 4.69) is 0 Å². The van der Waals surface area contributed by atoms with Gasteiger partial charge in [-0.05, 0) is 17.7 Å². The highest BCUT2D eigenvalue weighted by Crippen LogP contribution is 2.19. The van der Waals surface area contributed by atoms with Gasteiger partial charge >= 0.3 is 0 Å². The Morgan fingerprint density at radius 1 is 1.46 bits per heavy atom. The van der Waals surface area contributed by atoms with E-state index in [4.69, 9.17) is 15.9 Å². The molecular formula is C8H11ClFNO2. The molecule has 0 aromatic heterocycles. The van der Waals surface area contributed by atoms with E-state index >= 15 is 0 Å². The summed E-state index contributed by atoms with van der Waals surface area (Å²) in [5.74, 6) is -1.14. The zero-order valence-electron chi connectivity index (χ0n) is 6.77. The molecule has 4 N–H and O–H groups in total. The number of aliphatic hydroxyl groups excluding tert-OH is 1. The number of aromatic hydroxyl groups is 1. The van der Waals surface area contributed by atoms with E-state index in [1.54, 1.807) is 0 Å². The summed E-state index contributed by atoms with van der Waals surface area (Å²) in [7, 11) is 0. The number of nitrogens with two attached hydrogens (primary N) is 1. The molecule has 0 fully saturated rings. The van der Waals surface area contributed by atoms with Crippen LogP contribution < -0.4 is 5.73 Å². The predicted molar refractivity (Wildman–Crippen MR) is 49.3 cm³/mol. The minimum absolute atomic E-state index is 0. The molecule has 0 unspecified atom stereocenters. The third-order valence-electron chi connectivity index (χ3n) is 1.60. The van der Waals surface area contributed by atoms with Crippen molar-refractivity contribution in [2.45, 2.75) is 6.04 Å². The van der Waals surface area contributed by atoms with Crippen LogP contribution in [0.1, 0.15) is 11.6 Å². The Morgan fingerprint density at radius 2 is 2.08 bits per heavy atom. The molecule has 1 atom stereocenters. The first kappa shape index (κ1) is 12.2. The third kappa shape index (κ3) is 2.84. The summed E-state index contributed by atoms with van der Waals surface area (Å²) in [6.45, 7) is -0.231. The molecule has 0 saturated carbocycles. The van der Waals surface area contributed by atoms with Crippen LogP contribution in [-0.4, -0.2) is 16.8 Å². The summed E-state index contributed by atoms with van der Waals surface area (Å²) >= 11 is 0. The molecule has 0 heterocycles. The van der Waals surface area contributed by atoms with Gasteiger partial charge in [-0.15, -0.1) is 12.4 Å². The van der Waals surface area contributed by atoms with Gasteiger partial charge in [-0.1, -0.05) is 6.07 Å². The average molecular weight is 208 g/mol. The van der Waals surface area contributed by atoms with E-state index in [1.807, 2.05) is 0 Å². The van der Waals surface area contributed by atoms with E-state index in [-0.39, 0.29) is 19.0 Å². The van der Waals surface area contributed by atoms with Gasteiger partial charge < -0.3 is 15.9 Å². The topological polar surface area (TPSA) is 66.5 Å². The lowest BCUT2D eigenvalue weighted by molar-refractivity contribution is 0.267. The highest BCUT2D eigenvalue weighted by molar-refractivity contribution is 5.85. The monoisotopic (exact) mass is 207 g/mol. The second kappa shape index (κ2) is 5.01. The van der Waals surface area contributed by atoms with Gasteiger partial charge in [-0.25, -0.2) is 4.39 Å². The largest absolute Gasteiger partial charge is 0.505 e. The summed E-state index contributed by atoms with van der Waals surface area (Å²) in [6, 6.07) is 3.17. The fraction of sp³-hybridized carbons (Fsp3) is 0.250. The fourth-order valence-corrected chi connectivity index (χ4v) is 0.866. The normalized spacial score (nSPS) is 11.9. The van der Waals surface area contributed by atoms with Crippen LogP contribution in [0.15, 0.2) is 18.2 Å². The first-order chi connectivity index (χ1) is 5.65. The smallest absolute Gasteiger partial charge is 0.164 e. The van der Waals surface area contributed by atoms with Gasteiger partial charge in [0, 0.05) is 0 Å². The van der Waals surface area contributed by atoms with Gasteiger partial charge in [0.2, 0.25) is 0 Å². The van der Waals surface area contributed by atoms with Crippen molar-refractivity contribution in [1.29, 1.82) is 0 Å². The molecule has 13 heavy (non-hydrogen) atoms. The van der Waals surface area contributed by atoms with Crippen molar-refractivity contribution >= 4 is 12.4 Å². The number of halogens is 2. The number of rotatable bonds is 2. The van der Waals surface area contributed by atoms with E-state index in [0.29, 0.717) is 5.56 Å². The Morgan fingerprint density at radius 3 is 2.54 bits per heavy atom. The van der Waals surface area contributed by atoms with E-state index in [1.165, 1.54) is 12.1 Å². The Bertz CT molecular complexity index is 283. The van der Waals surface area contributed by atoms with Crippen molar-refractivity contribution in [3.05, 3.63) is 29.6 Å². The molecule has 0 aliphatic rings. The number of benzene rings is 1. The van der Waals surface area contributed by atoms with Crippen molar-refractivity contribution in [3.8, 4) is 5.75 Å². The van der Waals surface area contributed by atoms with E-state index < -0.39 is 17.6 Å². The molecule has 0 amide bonds. The predicted octanol–water partition coefficient (Wildman–Crippen LogP) is 0.945. The van der Waals surface area contributed by atoms with Crippen LogP contribution in [0.2, 0.25) is 0 Å². The number of phenols is 1. The average Bonchev–Trinajstić information content (AvgIpc) is 2.08. The van der Waals surface area contributed by atoms with Crippen LogP contribution in [0.5, 0.6) is 5.75 Å². The lowest BCUT2D eigenvalue weighted by Gasteiger charge is -2.08. The standard InChI is InChI=1S/C8H10FNO2.ClH/c9-6-2-1-5(3-8(6)12)7(10)4-11;/h1-3,7,11-12H,4,10H2;1H/t7-;/m1./s1. The molecular weight excluding hydrogens is 197 g/mol. The molecule has 0 aliphatic heterocycles. The Balaban J connectivity index is 0.00000144. The lowest BCUT2D eigenvalue weighted by Crippen LogP contribution is -2.14. The van der Waals surface area contributed by atoms with Crippen molar-refractivity contribution in [3.63, 3.8) is 0 Å². The molecule has 0 saturated heterocycles. The maximum atomic E-state index is 12.5. The van der Waals surface area contributed by atoms with E-state index in [0.717, 1.165) is 6.07 Å². The second-order valence-corrected chi connectivity index (χ2v) is 2.50. The molecule has 0 spiro atoms. The molecule has 1 aromatic rings. The van der Waals surface area contributed by atoms with Crippen LogP contribution in [0.4, 0.5) is 4.39 Å². The van der Waals surface area contributed by atoms with Gasteiger partial charge in [-0.3, -0.25) is 0 Å². The van der Waals surface area contributed by atoms with E-state index in [9.17, 15) is 4.39 Å². The number of phenolic OH excluding ortho intramolecular Hbond substituents is 1. The molecule has 0 bridgehead atoms. The van der Waals surface area contributed by atoms with Crippen LogP contribution in [0.25, 0.3) is 0 Å². The SMILES string of the molecule is Cl.N[C@H](CO)c1ccc(F)c(O)c1. The van der Waals surface area contributed by atoms with Crippen LogP contribution in [0.3, 0.4) is 0 Å². The summed E-state index contributed by atoms with van der Waals surface area (Å²) < 4.78 is 12.5. The maximum absolute atomic E-state index is 12.5. The Labute approximate surface area is 81.4 Å². The zero-order valence-corrected chi connectivity index (χ0v) is 7.59. The zero-order chi connectivity index (χ0) is 9.14. The number of hydrogen-bond acceptors (Lipinski definition) is 3. The van der Waals surface area contributed by atoms with Crippen LogP contribution in [0, 0.1) is 5.82 Å². The Kier molecular flexibility index (Phi) is 4.69.